The van der Waals surface area contributed by atoms with Crippen molar-refractivity contribution in [2.75, 3.05) is 13.2 Å². The largest absolute Gasteiger partial charge is 0.439 e. The van der Waals surface area contributed by atoms with Crippen LogP contribution in [-0.2, 0) is 11.3 Å². The zero-order valence-corrected chi connectivity index (χ0v) is 19.4. The van der Waals surface area contributed by atoms with Gasteiger partial charge in [0.25, 0.3) is 0 Å². The molecule has 176 valence electrons. The number of aromatic nitrogens is 2. The number of hydrogen-bond donors (Lipinski definition) is 1. The summed E-state index contributed by atoms with van der Waals surface area (Å²) in [6.45, 7) is 7.32. The summed E-state index contributed by atoms with van der Waals surface area (Å²) in [4.78, 5) is 2.28. The highest BCUT2D eigenvalue weighted by molar-refractivity contribution is 5.43. The number of hydrogen-bond acceptors (Lipinski definition) is 5. The quantitative estimate of drug-likeness (QED) is 0.449. The number of aryl methyl sites for hydroxylation is 1. The monoisotopic (exact) mass is 453 g/mol. The van der Waals surface area contributed by atoms with Gasteiger partial charge in [-0.1, -0.05) is 18.2 Å². The highest BCUT2D eigenvalue weighted by Gasteiger charge is 2.32. The minimum Gasteiger partial charge on any atom is -0.439 e. The van der Waals surface area contributed by atoms with Crippen molar-refractivity contribution in [3.05, 3.63) is 71.7 Å². The van der Waals surface area contributed by atoms with Gasteiger partial charge in [-0.2, -0.15) is 5.10 Å². The maximum Gasteiger partial charge on any atom is 0.227 e. The van der Waals surface area contributed by atoms with Crippen LogP contribution < -0.4 is 4.74 Å². The van der Waals surface area contributed by atoms with E-state index >= 15 is 0 Å². The Hall–Kier alpha value is -2.74. The molecule has 0 bridgehead atoms. The number of nitrogens with zero attached hydrogens (tertiary/aromatic N) is 3. The second-order valence-corrected chi connectivity index (χ2v) is 8.87. The molecule has 0 amide bonds. The molecule has 7 heteroatoms. The number of ether oxygens (including phenoxy) is 2. The number of para-hydroxylation sites is 1. The van der Waals surface area contributed by atoms with Gasteiger partial charge in [0, 0.05) is 19.1 Å². The summed E-state index contributed by atoms with van der Waals surface area (Å²) in [6.07, 6.45) is 1.73. The zero-order chi connectivity index (χ0) is 23.4. The Morgan fingerprint density at radius 1 is 1.12 bits per heavy atom. The number of halogens is 1. The van der Waals surface area contributed by atoms with E-state index in [1.165, 1.54) is 12.1 Å². The molecule has 1 unspecified atom stereocenters. The van der Waals surface area contributed by atoms with E-state index in [1.807, 2.05) is 51.1 Å². The first-order valence-corrected chi connectivity index (χ1v) is 11.5. The number of aliphatic hydroxyl groups excluding tert-OH is 1. The first-order chi connectivity index (χ1) is 15.9. The summed E-state index contributed by atoms with van der Waals surface area (Å²) in [7, 11) is 0. The summed E-state index contributed by atoms with van der Waals surface area (Å²) in [5, 5.41) is 15.3. The molecule has 1 aliphatic carbocycles. The van der Waals surface area contributed by atoms with E-state index in [2.05, 4.69) is 4.90 Å². The van der Waals surface area contributed by atoms with Gasteiger partial charge in [-0.3, -0.25) is 4.90 Å². The van der Waals surface area contributed by atoms with Crippen molar-refractivity contribution in [1.82, 2.24) is 14.7 Å². The van der Waals surface area contributed by atoms with Crippen LogP contribution in [0, 0.1) is 12.7 Å². The number of rotatable bonds is 11. The van der Waals surface area contributed by atoms with Crippen LogP contribution in [0.25, 0.3) is 5.69 Å². The summed E-state index contributed by atoms with van der Waals surface area (Å²) in [6, 6.07) is 16.2. The summed E-state index contributed by atoms with van der Waals surface area (Å²) in [5.41, 5.74) is 2.69. The fourth-order valence-corrected chi connectivity index (χ4v) is 3.80. The van der Waals surface area contributed by atoms with Gasteiger partial charge in [0.05, 0.1) is 35.8 Å². The van der Waals surface area contributed by atoms with Gasteiger partial charge in [0.1, 0.15) is 11.6 Å². The first kappa shape index (κ1) is 23.4. The van der Waals surface area contributed by atoms with Crippen molar-refractivity contribution in [3.8, 4) is 17.3 Å². The van der Waals surface area contributed by atoms with Gasteiger partial charge in [0.15, 0.2) is 0 Å². The van der Waals surface area contributed by atoms with E-state index < -0.39 is 6.10 Å². The van der Waals surface area contributed by atoms with Crippen LogP contribution in [0.2, 0.25) is 0 Å². The van der Waals surface area contributed by atoms with Gasteiger partial charge in [-0.15, -0.1) is 0 Å². The minimum absolute atomic E-state index is 0.0797. The predicted molar refractivity (Wildman–Crippen MR) is 125 cm³/mol. The smallest absolute Gasteiger partial charge is 0.227 e. The molecule has 1 fully saturated rings. The van der Waals surface area contributed by atoms with Crippen LogP contribution in [0.15, 0.2) is 54.6 Å². The van der Waals surface area contributed by atoms with Gasteiger partial charge >= 0.3 is 0 Å². The summed E-state index contributed by atoms with van der Waals surface area (Å²) < 4.78 is 27.1. The standard InChI is InChI=1S/C26H32FN3O3/c1-18(2)32-17-23(31)15-29(21-11-12-21)16-25-19(3)28-30(22-7-5-4-6-8-22)26(25)33-24-13-9-20(27)10-14-24/h4-10,13-14,18,21,23,31H,11-12,15-17H2,1-3H3. The van der Waals surface area contributed by atoms with Crippen molar-refractivity contribution in [3.63, 3.8) is 0 Å². The van der Waals surface area contributed by atoms with Gasteiger partial charge in [-0.05, 0) is 70.0 Å². The molecule has 1 aromatic heterocycles. The van der Waals surface area contributed by atoms with Crippen LogP contribution >= 0.6 is 0 Å². The van der Waals surface area contributed by atoms with Crippen molar-refractivity contribution in [2.45, 2.75) is 58.4 Å². The second-order valence-electron chi connectivity index (χ2n) is 8.87. The lowest BCUT2D eigenvalue weighted by Gasteiger charge is -2.25. The number of aliphatic hydroxyl groups is 1. The molecule has 33 heavy (non-hydrogen) atoms. The van der Waals surface area contributed by atoms with Gasteiger partial charge < -0.3 is 14.6 Å². The highest BCUT2D eigenvalue weighted by Crippen LogP contribution is 2.35. The summed E-state index contributed by atoms with van der Waals surface area (Å²) >= 11 is 0. The molecule has 1 aliphatic rings. The Bertz CT molecular complexity index is 1030. The zero-order valence-electron chi connectivity index (χ0n) is 19.4. The summed E-state index contributed by atoms with van der Waals surface area (Å²) in [5.74, 6) is 0.829. The van der Waals surface area contributed by atoms with E-state index in [1.54, 1.807) is 16.8 Å². The molecule has 4 rings (SSSR count). The SMILES string of the molecule is Cc1nn(-c2ccccc2)c(Oc2ccc(F)cc2)c1CN(CC(O)COC(C)C)C1CC1. The van der Waals surface area contributed by atoms with E-state index in [9.17, 15) is 9.50 Å². The van der Waals surface area contributed by atoms with Gasteiger partial charge in [-0.25, -0.2) is 9.07 Å². The Labute approximate surface area is 194 Å². The predicted octanol–water partition coefficient (Wildman–Crippen LogP) is 4.86. The molecule has 0 aliphatic heterocycles. The molecule has 0 saturated heterocycles. The molecule has 1 atom stereocenters. The Kier molecular flexibility index (Phi) is 7.42. The lowest BCUT2D eigenvalue weighted by Crippen LogP contribution is -2.36. The van der Waals surface area contributed by atoms with Crippen LogP contribution in [0.3, 0.4) is 0 Å². The van der Waals surface area contributed by atoms with Crippen LogP contribution in [0.4, 0.5) is 4.39 Å². The molecule has 1 N–H and O–H groups in total. The lowest BCUT2D eigenvalue weighted by molar-refractivity contribution is -0.0107. The molecular weight excluding hydrogens is 421 g/mol. The van der Waals surface area contributed by atoms with E-state index in [-0.39, 0.29) is 11.9 Å². The molecular formula is C26H32FN3O3. The van der Waals surface area contributed by atoms with Crippen molar-refractivity contribution >= 4 is 0 Å². The average molecular weight is 454 g/mol. The highest BCUT2D eigenvalue weighted by atomic mass is 19.1. The Balaban J connectivity index is 1.63. The topological polar surface area (TPSA) is 59.8 Å². The molecule has 0 radical (unpaired) electrons. The van der Waals surface area contributed by atoms with Crippen molar-refractivity contribution in [1.29, 1.82) is 0 Å². The van der Waals surface area contributed by atoms with Crippen molar-refractivity contribution in [2.24, 2.45) is 0 Å². The van der Waals surface area contributed by atoms with Crippen LogP contribution in [0.1, 0.15) is 37.9 Å². The maximum atomic E-state index is 13.4. The van der Waals surface area contributed by atoms with Crippen molar-refractivity contribution < 1.29 is 19.0 Å². The molecule has 6 nitrogen and oxygen atoms in total. The third-order valence-electron chi connectivity index (χ3n) is 5.66. The van der Waals surface area contributed by atoms with E-state index in [4.69, 9.17) is 14.6 Å². The second kappa shape index (κ2) is 10.5. The maximum absolute atomic E-state index is 13.4. The third kappa shape index (κ3) is 6.19. The van der Waals surface area contributed by atoms with E-state index in [0.717, 1.165) is 29.8 Å². The minimum atomic E-state index is -0.570. The lowest BCUT2D eigenvalue weighted by atomic mass is 10.2. The Morgan fingerprint density at radius 3 is 2.45 bits per heavy atom. The number of benzene rings is 2. The molecule has 1 heterocycles. The first-order valence-electron chi connectivity index (χ1n) is 11.5. The van der Waals surface area contributed by atoms with Crippen LogP contribution in [-0.4, -0.2) is 51.2 Å². The normalized spacial score (nSPS) is 14.8. The Morgan fingerprint density at radius 2 is 1.82 bits per heavy atom. The molecule has 2 aromatic carbocycles. The van der Waals surface area contributed by atoms with Gasteiger partial charge in [0.2, 0.25) is 5.88 Å². The average Bonchev–Trinajstić information content (AvgIpc) is 3.60. The molecule has 3 aromatic rings. The fraction of sp³-hybridized carbons (Fsp3) is 0.423. The van der Waals surface area contributed by atoms with Crippen LogP contribution in [0.5, 0.6) is 11.6 Å². The van der Waals surface area contributed by atoms with E-state index in [0.29, 0.717) is 37.4 Å². The fourth-order valence-electron chi connectivity index (χ4n) is 3.80. The molecule has 0 spiro atoms. The third-order valence-corrected chi connectivity index (χ3v) is 5.66. The molecule has 1 saturated carbocycles.